The highest BCUT2D eigenvalue weighted by Gasteiger charge is 2.21. The number of rotatable bonds is 6. The Morgan fingerprint density at radius 2 is 1.78 bits per heavy atom. The maximum atomic E-state index is 11.5. The summed E-state index contributed by atoms with van der Waals surface area (Å²) in [7, 11) is 0. The van der Waals surface area contributed by atoms with Gasteiger partial charge in [0.25, 0.3) is 0 Å². The Morgan fingerprint density at radius 3 is 2.17 bits per heavy atom. The number of aliphatic carboxylic acids is 1. The minimum absolute atomic E-state index is 0.233. The van der Waals surface area contributed by atoms with Crippen molar-refractivity contribution in [2.24, 2.45) is 5.41 Å². The fourth-order valence-electron chi connectivity index (χ4n) is 1.21. The van der Waals surface area contributed by atoms with E-state index in [1.807, 2.05) is 6.92 Å². The van der Waals surface area contributed by atoms with E-state index in [1.54, 1.807) is 20.8 Å². The van der Waals surface area contributed by atoms with E-state index in [0.29, 0.717) is 12.8 Å². The number of carbonyl (C=O) groups is 3. The monoisotopic (exact) mass is 257 g/mol. The second kappa shape index (κ2) is 6.98. The summed E-state index contributed by atoms with van der Waals surface area (Å²) in [4.78, 5) is 33.7. The number of amides is 2. The molecule has 0 aliphatic heterocycles. The predicted octanol–water partition coefficient (Wildman–Crippen LogP) is -0.816. The predicted molar refractivity (Wildman–Crippen MR) is 64.3 cm³/mol. The minimum atomic E-state index is -1.31. The van der Waals surface area contributed by atoms with E-state index in [1.165, 1.54) is 0 Å². The Balaban J connectivity index is 4.18. The minimum Gasteiger partial charge on any atom is -0.548 e. The lowest BCUT2D eigenvalue weighted by molar-refractivity contribution is -0.308. The molecule has 18 heavy (non-hydrogen) atoms. The van der Waals surface area contributed by atoms with Crippen molar-refractivity contribution >= 4 is 17.8 Å². The van der Waals surface area contributed by atoms with Gasteiger partial charge in [-0.25, -0.2) is 0 Å². The third kappa shape index (κ3) is 6.22. The molecule has 0 unspecified atom stereocenters. The van der Waals surface area contributed by atoms with Crippen LogP contribution in [0.2, 0.25) is 0 Å². The van der Waals surface area contributed by atoms with E-state index >= 15 is 0 Å². The van der Waals surface area contributed by atoms with Crippen LogP contribution in [-0.2, 0) is 14.4 Å². The Bertz CT molecular complexity index is 321. The molecule has 0 aliphatic carbocycles. The third-order valence-electron chi connectivity index (χ3n) is 2.29. The van der Waals surface area contributed by atoms with Gasteiger partial charge in [0.2, 0.25) is 11.8 Å². The van der Waals surface area contributed by atoms with Crippen LogP contribution in [-0.4, -0.2) is 30.4 Å². The lowest BCUT2D eigenvalue weighted by Crippen LogP contribution is -2.51. The number of nitrogens with one attached hydrogen (secondary N) is 2. The summed E-state index contributed by atoms with van der Waals surface area (Å²) in [6.45, 7) is 6.75. The summed E-state index contributed by atoms with van der Waals surface area (Å²) in [6, 6.07) is -1.01. The lowest BCUT2D eigenvalue weighted by atomic mass is 9.96. The van der Waals surface area contributed by atoms with Crippen molar-refractivity contribution in [3.8, 4) is 0 Å². The van der Waals surface area contributed by atoms with Gasteiger partial charge in [0.05, 0.1) is 18.6 Å². The zero-order valence-corrected chi connectivity index (χ0v) is 11.3. The SMILES string of the molecule is CCC[C@H](NC(=O)CNC(=O)C(C)(C)C)C(=O)[O-]. The van der Waals surface area contributed by atoms with Gasteiger partial charge in [0.15, 0.2) is 0 Å². The van der Waals surface area contributed by atoms with Crippen LogP contribution in [0, 0.1) is 5.41 Å². The van der Waals surface area contributed by atoms with Gasteiger partial charge in [-0.2, -0.15) is 0 Å². The van der Waals surface area contributed by atoms with Gasteiger partial charge in [0, 0.05) is 5.41 Å². The number of hydrogen-bond acceptors (Lipinski definition) is 4. The molecule has 104 valence electrons. The summed E-state index contributed by atoms with van der Waals surface area (Å²) < 4.78 is 0. The molecule has 0 saturated carbocycles. The first-order valence-electron chi connectivity index (χ1n) is 5.97. The first-order chi connectivity index (χ1) is 8.18. The number of carboxylic acids is 1. The van der Waals surface area contributed by atoms with E-state index in [9.17, 15) is 19.5 Å². The molecular formula is C12H21N2O4-. The highest BCUT2D eigenvalue weighted by Crippen LogP contribution is 2.11. The summed E-state index contributed by atoms with van der Waals surface area (Å²) in [5.41, 5.74) is -0.586. The molecule has 0 aromatic carbocycles. The lowest BCUT2D eigenvalue weighted by Gasteiger charge is -2.20. The fraction of sp³-hybridized carbons (Fsp3) is 0.750. The summed E-state index contributed by atoms with van der Waals surface area (Å²) in [5.74, 6) is -2.11. The van der Waals surface area contributed by atoms with Crippen molar-refractivity contribution in [3.63, 3.8) is 0 Å². The third-order valence-corrected chi connectivity index (χ3v) is 2.29. The Kier molecular flexibility index (Phi) is 6.36. The molecule has 0 spiro atoms. The van der Waals surface area contributed by atoms with E-state index in [0.717, 1.165) is 0 Å². The van der Waals surface area contributed by atoms with Crippen molar-refractivity contribution in [1.82, 2.24) is 10.6 Å². The maximum absolute atomic E-state index is 11.5. The molecule has 0 bridgehead atoms. The second-order valence-corrected chi connectivity index (χ2v) is 5.16. The van der Waals surface area contributed by atoms with Crippen LogP contribution >= 0.6 is 0 Å². The van der Waals surface area contributed by atoms with Crippen LogP contribution in [0.25, 0.3) is 0 Å². The average molecular weight is 257 g/mol. The molecule has 0 rings (SSSR count). The van der Waals surface area contributed by atoms with E-state index in [4.69, 9.17) is 0 Å². The Morgan fingerprint density at radius 1 is 1.22 bits per heavy atom. The van der Waals surface area contributed by atoms with Gasteiger partial charge in [0.1, 0.15) is 0 Å². The van der Waals surface area contributed by atoms with Crippen LogP contribution in [0.15, 0.2) is 0 Å². The molecular weight excluding hydrogens is 236 g/mol. The van der Waals surface area contributed by atoms with Crippen molar-refractivity contribution in [2.75, 3.05) is 6.54 Å². The van der Waals surface area contributed by atoms with Crippen LogP contribution in [0.1, 0.15) is 40.5 Å². The van der Waals surface area contributed by atoms with Crippen LogP contribution in [0.4, 0.5) is 0 Å². The van der Waals surface area contributed by atoms with Crippen LogP contribution in [0.5, 0.6) is 0 Å². The van der Waals surface area contributed by atoms with E-state index < -0.39 is 23.3 Å². The number of hydrogen-bond donors (Lipinski definition) is 2. The van der Waals surface area contributed by atoms with Crippen LogP contribution in [0.3, 0.4) is 0 Å². The molecule has 0 aromatic heterocycles. The van der Waals surface area contributed by atoms with Gasteiger partial charge in [-0.3, -0.25) is 9.59 Å². The normalized spacial score (nSPS) is 12.7. The molecule has 0 saturated heterocycles. The Hall–Kier alpha value is -1.59. The molecule has 0 heterocycles. The highest BCUT2D eigenvalue weighted by molar-refractivity contribution is 5.89. The van der Waals surface area contributed by atoms with Gasteiger partial charge < -0.3 is 20.5 Å². The second-order valence-electron chi connectivity index (χ2n) is 5.16. The zero-order chi connectivity index (χ0) is 14.3. The van der Waals surface area contributed by atoms with Crippen molar-refractivity contribution in [2.45, 2.75) is 46.6 Å². The molecule has 0 fully saturated rings. The van der Waals surface area contributed by atoms with Gasteiger partial charge in [-0.05, 0) is 6.42 Å². The highest BCUT2D eigenvalue weighted by atomic mass is 16.4. The Labute approximate surface area is 107 Å². The summed E-state index contributed by atoms with van der Waals surface area (Å²) in [5, 5.41) is 15.5. The van der Waals surface area contributed by atoms with Gasteiger partial charge in [-0.15, -0.1) is 0 Å². The van der Waals surface area contributed by atoms with Crippen molar-refractivity contribution < 1.29 is 19.5 Å². The fourth-order valence-corrected chi connectivity index (χ4v) is 1.21. The largest absolute Gasteiger partial charge is 0.548 e. The van der Waals surface area contributed by atoms with E-state index in [2.05, 4.69) is 10.6 Å². The maximum Gasteiger partial charge on any atom is 0.239 e. The summed E-state index contributed by atoms with van der Waals surface area (Å²) >= 11 is 0. The zero-order valence-electron chi connectivity index (χ0n) is 11.3. The molecule has 6 nitrogen and oxygen atoms in total. The van der Waals surface area contributed by atoms with Crippen molar-refractivity contribution in [3.05, 3.63) is 0 Å². The molecule has 2 amide bonds. The first kappa shape index (κ1) is 16.4. The smallest absolute Gasteiger partial charge is 0.239 e. The van der Waals surface area contributed by atoms with Crippen molar-refractivity contribution in [1.29, 1.82) is 0 Å². The molecule has 0 radical (unpaired) electrons. The number of carboxylic acid groups (broad SMARTS) is 1. The van der Waals surface area contributed by atoms with Gasteiger partial charge >= 0.3 is 0 Å². The molecule has 0 aromatic rings. The molecule has 1 atom stereocenters. The van der Waals surface area contributed by atoms with Crippen LogP contribution < -0.4 is 15.7 Å². The van der Waals surface area contributed by atoms with E-state index in [-0.39, 0.29) is 12.5 Å². The quantitative estimate of drug-likeness (QED) is 0.649. The first-order valence-corrected chi connectivity index (χ1v) is 5.97. The standard InChI is InChI=1S/C12H22N2O4/c1-5-6-8(10(16)17)14-9(15)7-13-11(18)12(2,3)4/h8H,5-7H2,1-4H3,(H,13,18)(H,14,15)(H,16,17)/p-1/t8-/m0/s1. The summed E-state index contributed by atoms with van der Waals surface area (Å²) in [6.07, 6.45) is 0.925. The molecule has 2 N–H and O–H groups in total. The number of carbonyl (C=O) groups excluding carboxylic acids is 3. The van der Waals surface area contributed by atoms with Gasteiger partial charge in [-0.1, -0.05) is 34.1 Å². The average Bonchev–Trinajstić information content (AvgIpc) is 2.23. The topological polar surface area (TPSA) is 98.3 Å². The molecule has 6 heteroatoms. The molecule has 0 aliphatic rings.